The lowest BCUT2D eigenvalue weighted by atomic mass is 9.86. The van der Waals surface area contributed by atoms with Crippen molar-refractivity contribution in [3.05, 3.63) is 29.6 Å². The van der Waals surface area contributed by atoms with Gasteiger partial charge in [-0.15, -0.1) is 5.10 Å². The molecule has 1 saturated carbocycles. The van der Waals surface area contributed by atoms with Crippen molar-refractivity contribution < 1.29 is 9.53 Å². The standard InChI is InChI=1S/C29H45N5O2S/c1-28(2,3)23-18-21(12-13-24(23)37-33-29(4,5)6)26-31-25(27(35)30-22-14-16-36-17-15-22)32-34(26)19-20-10-8-7-9-11-20/h12-13,18,20,22,33H,7-11,14-17,19H2,1-6H3,(H,30,35). The maximum Gasteiger partial charge on any atom is 0.291 e. The number of benzene rings is 1. The predicted molar refractivity (Wildman–Crippen MR) is 151 cm³/mol. The van der Waals surface area contributed by atoms with E-state index in [9.17, 15) is 4.79 Å². The summed E-state index contributed by atoms with van der Waals surface area (Å²) < 4.78 is 11.0. The van der Waals surface area contributed by atoms with Gasteiger partial charge in [0.05, 0.1) is 0 Å². The fraction of sp³-hybridized carbons (Fsp3) is 0.690. The molecular formula is C29H45N5O2S. The van der Waals surface area contributed by atoms with Crippen molar-refractivity contribution in [2.45, 2.75) is 115 Å². The van der Waals surface area contributed by atoms with Crippen molar-refractivity contribution >= 4 is 17.9 Å². The molecule has 1 saturated heterocycles. The molecule has 2 aromatic rings. The quantitative estimate of drug-likeness (QED) is 0.422. The van der Waals surface area contributed by atoms with Gasteiger partial charge < -0.3 is 10.1 Å². The van der Waals surface area contributed by atoms with E-state index >= 15 is 0 Å². The van der Waals surface area contributed by atoms with Crippen molar-refractivity contribution in [1.82, 2.24) is 24.8 Å². The van der Waals surface area contributed by atoms with Gasteiger partial charge in [-0.25, -0.2) is 9.67 Å². The first-order valence-corrected chi connectivity index (χ1v) is 14.7. The van der Waals surface area contributed by atoms with Crippen molar-refractivity contribution in [1.29, 1.82) is 0 Å². The Bertz CT molecular complexity index is 1060. The number of ether oxygens (including phenoxy) is 1. The fourth-order valence-corrected chi connectivity index (χ4v) is 6.06. The second-order valence-corrected chi connectivity index (χ2v) is 13.6. The number of aromatic nitrogens is 3. The van der Waals surface area contributed by atoms with Gasteiger partial charge in [-0.2, -0.15) is 0 Å². The number of hydrogen-bond donors (Lipinski definition) is 2. The number of amides is 1. The Hall–Kier alpha value is -1.90. The molecule has 2 N–H and O–H groups in total. The number of carbonyl (C=O) groups is 1. The van der Waals surface area contributed by atoms with Gasteiger partial charge in [-0.05, 0) is 87.4 Å². The van der Waals surface area contributed by atoms with Gasteiger partial charge in [0.15, 0.2) is 5.82 Å². The SMILES string of the molecule is CC(C)(C)NSc1ccc(-c2nc(C(=O)NC3CCOCC3)nn2CC2CCCCC2)cc1C(C)(C)C. The summed E-state index contributed by atoms with van der Waals surface area (Å²) in [5.74, 6) is 1.44. The number of nitrogens with one attached hydrogen (secondary N) is 2. The van der Waals surface area contributed by atoms with E-state index in [0.717, 1.165) is 30.8 Å². The minimum absolute atomic E-state index is 0.00534. The Morgan fingerprint density at radius 3 is 2.41 bits per heavy atom. The van der Waals surface area contributed by atoms with E-state index < -0.39 is 0 Å². The van der Waals surface area contributed by atoms with Crippen LogP contribution in [0.4, 0.5) is 0 Å². The van der Waals surface area contributed by atoms with Gasteiger partial charge in [-0.1, -0.05) is 46.1 Å². The maximum atomic E-state index is 13.2. The highest BCUT2D eigenvalue weighted by Crippen LogP contribution is 2.36. The molecule has 0 radical (unpaired) electrons. The first kappa shape index (κ1) is 28.1. The van der Waals surface area contributed by atoms with E-state index in [0.29, 0.717) is 19.1 Å². The molecule has 0 spiro atoms. The third kappa shape index (κ3) is 7.80. The molecule has 0 bridgehead atoms. The Morgan fingerprint density at radius 2 is 1.76 bits per heavy atom. The normalized spacial score (nSPS) is 18.2. The predicted octanol–water partition coefficient (Wildman–Crippen LogP) is 6.13. The number of carbonyl (C=O) groups excluding carboxylic acids is 1. The van der Waals surface area contributed by atoms with Crippen LogP contribution in [0.15, 0.2) is 23.1 Å². The Kier molecular flexibility index (Phi) is 9.02. The molecular weight excluding hydrogens is 482 g/mol. The Balaban J connectivity index is 1.66. The van der Waals surface area contributed by atoms with E-state index in [1.165, 1.54) is 42.6 Å². The Morgan fingerprint density at radius 1 is 1.05 bits per heavy atom. The molecule has 37 heavy (non-hydrogen) atoms. The van der Waals surface area contributed by atoms with Crippen molar-refractivity contribution in [2.24, 2.45) is 5.92 Å². The van der Waals surface area contributed by atoms with Gasteiger partial charge in [0.1, 0.15) is 0 Å². The first-order chi connectivity index (χ1) is 17.5. The average Bonchev–Trinajstić information content (AvgIpc) is 3.27. The summed E-state index contributed by atoms with van der Waals surface area (Å²) in [4.78, 5) is 19.2. The van der Waals surface area contributed by atoms with Crippen LogP contribution in [0.3, 0.4) is 0 Å². The zero-order valence-electron chi connectivity index (χ0n) is 23.5. The highest BCUT2D eigenvalue weighted by Gasteiger charge is 2.26. The molecule has 1 amide bonds. The lowest BCUT2D eigenvalue weighted by molar-refractivity contribution is 0.0691. The van der Waals surface area contributed by atoms with Gasteiger partial charge in [0.2, 0.25) is 5.82 Å². The van der Waals surface area contributed by atoms with Gasteiger partial charge >= 0.3 is 0 Å². The highest BCUT2D eigenvalue weighted by molar-refractivity contribution is 7.97. The van der Waals surface area contributed by atoms with Crippen LogP contribution in [-0.2, 0) is 16.7 Å². The van der Waals surface area contributed by atoms with Gasteiger partial charge in [0, 0.05) is 41.8 Å². The second-order valence-electron chi connectivity index (χ2n) is 12.7. The largest absolute Gasteiger partial charge is 0.381 e. The van der Waals surface area contributed by atoms with Crippen LogP contribution in [0.25, 0.3) is 11.4 Å². The molecule has 1 aliphatic heterocycles. The van der Waals surface area contributed by atoms with E-state index in [1.54, 1.807) is 11.9 Å². The zero-order chi connectivity index (χ0) is 26.6. The summed E-state index contributed by atoms with van der Waals surface area (Å²) in [5.41, 5.74) is 2.23. The molecule has 1 aliphatic carbocycles. The number of rotatable bonds is 7. The summed E-state index contributed by atoms with van der Waals surface area (Å²) in [6, 6.07) is 6.67. The molecule has 8 heteroatoms. The molecule has 0 unspecified atom stereocenters. The minimum Gasteiger partial charge on any atom is -0.381 e. The van der Waals surface area contributed by atoms with Gasteiger partial charge in [-0.3, -0.25) is 9.52 Å². The van der Waals surface area contributed by atoms with Crippen LogP contribution < -0.4 is 10.0 Å². The van der Waals surface area contributed by atoms with E-state index in [-0.39, 0.29) is 28.7 Å². The lowest BCUT2D eigenvalue weighted by Gasteiger charge is -2.26. The molecule has 204 valence electrons. The molecule has 2 aliphatic rings. The summed E-state index contributed by atoms with van der Waals surface area (Å²) in [5, 5.41) is 7.91. The van der Waals surface area contributed by atoms with E-state index in [1.807, 2.05) is 4.68 Å². The Labute approximate surface area is 227 Å². The summed E-state index contributed by atoms with van der Waals surface area (Å²) in [7, 11) is 0. The molecule has 1 aromatic carbocycles. The lowest BCUT2D eigenvalue weighted by Crippen LogP contribution is -2.39. The molecule has 0 atom stereocenters. The van der Waals surface area contributed by atoms with Crippen LogP contribution in [0.5, 0.6) is 0 Å². The summed E-state index contributed by atoms with van der Waals surface area (Å²) >= 11 is 1.68. The maximum absolute atomic E-state index is 13.2. The average molecular weight is 528 g/mol. The number of nitrogens with zero attached hydrogens (tertiary/aromatic N) is 3. The number of hydrogen-bond acceptors (Lipinski definition) is 6. The van der Waals surface area contributed by atoms with E-state index in [2.05, 4.69) is 69.8 Å². The molecule has 7 nitrogen and oxygen atoms in total. The second kappa shape index (κ2) is 11.9. The third-order valence-corrected chi connectivity index (χ3v) is 8.39. The van der Waals surface area contributed by atoms with Crippen LogP contribution in [-0.4, -0.2) is 45.5 Å². The molecule has 1 aromatic heterocycles. The molecule has 2 fully saturated rings. The summed E-state index contributed by atoms with van der Waals surface area (Å²) in [6.45, 7) is 15.4. The van der Waals surface area contributed by atoms with Crippen LogP contribution >= 0.6 is 11.9 Å². The zero-order valence-corrected chi connectivity index (χ0v) is 24.3. The van der Waals surface area contributed by atoms with Crippen LogP contribution in [0, 0.1) is 5.92 Å². The monoisotopic (exact) mass is 527 g/mol. The topological polar surface area (TPSA) is 81.1 Å². The van der Waals surface area contributed by atoms with Gasteiger partial charge in [0.25, 0.3) is 5.91 Å². The molecule has 2 heterocycles. The van der Waals surface area contributed by atoms with Crippen molar-refractivity contribution in [3.63, 3.8) is 0 Å². The van der Waals surface area contributed by atoms with E-state index in [4.69, 9.17) is 14.8 Å². The third-order valence-electron chi connectivity index (χ3n) is 7.10. The smallest absolute Gasteiger partial charge is 0.291 e. The fourth-order valence-electron chi connectivity index (χ4n) is 5.04. The highest BCUT2D eigenvalue weighted by atomic mass is 32.2. The molecule has 4 rings (SSSR count). The van der Waals surface area contributed by atoms with Crippen LogP contribution in [0.2, 0.25) is 0 Å². The minimum atomic E-state index is -0.187. The van der Waals surface area contributed by atoms with Crippen LogP contribution in [0.1, 0.15) is 103 Å². The van der Waals surface area contributed by atoms with Crippen molar-refractivity contribution in [3.8, 4) is 11.4 Å². The van der Waals surface area contributed by atoms with Crippen molar-refractivity contribution in [2.75, 3.05) is 13.2 Å². The summed E-state index contributed by atoms with van der Waals surface area (Å²) in [6.07, 6.45) is 7.94. The first-order valence-electron chi connectivity index (χ1n) is 13.9.